The van der Waals surface area contributed by atoms with Crippen LogP contribution in [0.4, 0.5) is 0 Å². The van der Waals surface area contributed by atoms with Crippen LogP contribution in [0.15, 0.2) is 36.5 Å². The molecule has 0 aliphatic rings. The Kier molecular flexibility index (Phi) is 2.93. The molecule has 0 heterocycles. The predicted molar refractivity (Wildman–Crippen MR) is 38.8 cm³/mol. The second-order valence-corrected chi connectivity index (χ2v) is 1.73. The summed E-state index contributed by atoms with van der Waals surface area (Å²) >= 11 is 0. The molecular formula is C8H12. The monoisotopic (exact) mass is 108 g/mol. The predicted octanol–water partition coefficient (Wildman–Crippen LogP) is 2.69. The highest BCUT2D eigenvalue weighted by Gasteiger charge is 1.85. The van der Waals surface area contributed by atoms with Crippen molar-refractivity contribution in [3.63, 3.8) is 0 Å². The van der Waals surface area contributed by atoms with E-state index < -0.39 is 0 Å². The normalized spacial score (nSPS) is 11.0. The molecule has 0 heteroatoms. The van der Waals surface area contributed by atoms with Crippen molar-refractivity contribution in [2.24, 2.45) is 0 Å². The zero-order valence-electron chi connectivity index (χ0n) is 5.57. The molecule has 0 aromatic carbocycles. The second-order valence-electron chi connectivity index (χ2n) is 1.73. The van der Waals surface area contributed by atoms with Gasteiger partial charge >= 0.3 is 0 Å². The van der Waals surface area contributed by atoms with Crippen LogP contribution in [-0.4, -0.2) is 0 Å². The summed E-state index contributed by atoms with van der Waals surface area (Å²) in [5.74, 6) is 0. The van der Waals surface area contributed by atoms with E-state index in [9.17, 15) is 0 Å². The largest absolute Gasteiger partial charge is 0.0985 e. The summed E-state index contributed by atoms with van der Waals surface area (Å²) in [5.41, 5.74) is 2.20. The SMILES string of the molecule is C=C/C(=C\C)C(=C)C. The fourth-order valence-electron chi connectivity index (χ4n) is 0.538. The molecule has 0 atom stereocenters. The third-order valence-corrected chi connectivity index (χ3v) is 1.02. The Balaban J connectivity index is 4.13. The van der Waals surface area contributed by atoms with Crippen molar-refractivity contribution < 1.29 is 0 Å². The average molecular weight is 108 g/mol. The Morgan fingerprint density at radius 3 is 2.00 bits per heavy atom. The summed E-state index contributed by atoms with van der Waals surface area (Å²) in [6, 6.07) is 0. The van der Waals surface area contributed by atoms with E-state index in [1.54, 1.807) is 0 Å². The maximum atomic E-state index is 3.76. The summed E-state index contributed by atoms with van der Waals surface area (Å²) < 4.78 is 0. The van der Waals surface area contributed by atoms with Crippen LogP contribution in [0.5, 0.6) is 0 Å². The van der Waals surface area contributed by atoms with Crippen LogP contribution in [0, 0.1) is 0 Å². The molecule has 0 unspecified atom stereocenters. The highest BCUT2D eigenvalue weighted by molar-refractivity contribution is 5.34. The number of hydrogen-bond donors (Lipinski definition) is 0. The molecule has 0 aromatic rings. The molecule has 44 valence electrons. The topological polar surface area (TPSA) is 0 Å². The van der Waals surface area contributed by atoms with Crippen LogP contribution in [0.3, 0.4) is 0 Å². The zero-order chi connectivity index (χ0) is 6.57. The van der Waals surface area contributed by atoms with Gasteiger partial charge < -0.3 is 0 Å². The van der Waals surface area contributed by atoms with Gasteiger partial charge in [-0.15, -0.1) is 0 Å². The standard InChI is InChI=1S/C8H12/c1-5-8(6-2)7(3)4/h5-6H,1,3H2,2,4H3/b8-6+. The molecule has 0 aliphatic carbocycles. The smallest absolute Gasteiger partial charge is 0.0282 e. The van der Waals surface area contributed by atoms with Crippen molar-refractivity contribution in [3.8, 4) is 0 Å². The molecule has 0 spiro atoms. The minimum atomic E-state index is 1.07. The molecule has 0 bridgehead atoms. The Hall–Kier alpha value is -0.780. The molecule has 0 aliphatic heterocycles. The summed E-state index contributed by atoms with van der Waals surface area (Å²) in [5, 5.41) is 0. The van der Waals surface area contributed by atoms with Crippen molar-refractivity contribution in [3.05, 3.63) is 36.5 Å². The third-order valence-electron chi connectivity index (χ3n) is 1.02. The van der Waals surface area contributed by atoms with Gasteiger partial charge in [0, 0.05) is 0 Å². The molecule has 0 radical (unpaired) electrons. The van der Waals surface area contributed by atoms with Crippen LogP contribution in [-0.2, 0) is 0 Å². The van der Waals surface area contributed by atoms with E-state index in [1.165, 1.54) is 0 Å². The first-order valence-corrected chi connectivity index (χ1v) is 2.67. The highest BCUT2D eigenvalue weighted by Crippen LogP contribution is 2.05. The Morgan fingerprint density at radius 1 is 1.50 bits per heavy atom. The maximum Gasteiger partial charge on any atom is -0.0282 e. The van der Waals surface area contributed by atoms with Gasteiger partial charge in [0.1, 0.15) is 0 Å². The lowest BCUT2D eigenvalue weighted by atomic mass is 10.1. The van der Waals surface area contributed by atoms with E-state index >= 15 is 0 Å². The van der Waals surface area contributed by atoms with Gasteiger partial charge in [0.2, 0.25) is 0 Å². The Labute approximate surface area is 51.2 Å². The summed E-state index contributed by atoms with van der Waals surface area (Å²) in [4.78, 5) is 0. The van der Waals surface area contributed by atoms with Gasteiger partial charge in [-0.05, 0) is 19.4 Å². The van der Waals surface area contributed by atoms with Crippen molar-refractivity contribution >= 4 is 0 Å². The number of rotatable bonds is 2. The fraction of sp³-hybridized carbons (Fsp3) is 0.250. The lowest BCUT2D eigenvalue weighted by Gasteiger charge is -1.94. The average Bonchev–Trinajstić information content (AvgIpc) is 1.69. The lowest BCUT2D eigenvalue weighted by molar-refractivity contribution is 1.43. The van der Waals surface area contributed by atoms with E-state index in [2.05, 4.69) is 13.2 Å². The van der Waals surface area contributed by atoms with E-state index in [0.29, 0.717) is 0 Å². The minimum Gasteiger partial charge on any atom is -0.0985 e. The van der Waals surface area contributed by atoms with Crippen molar-refractivity contribution in [1.29, 1.82) is 0 Å². The molecule has 0 nitrogen and oxygen atoms in total. The summed E-state index contributed by atoms with van der Waals surface area (Å²) in [6.45, 7) is 11.3. The molecule has 0 saturated heterocycles. The Morgan fingerprint density at radius 2 is 2.00 bits per heavy atom. The van der Waals surface area contributed by atoms with Crippen LogP contribution in [0.25, 0.3) is 0 Å². The van der Waals surface area contributed by atoms with Gasteiger partial charge in [0.05, 0.1) is 0 Å². The molecular weight excluding hydrogens is 96.1 g/mol. The molecule has 8 heavy (non-hydrogen) atoms. The minimum absolute atomic E-state index is 1.07. The molecule has 0 aromatic heterocycles. The van der Waals surface area contributed by atoms with Crippen LogP contribution in [0.1, 0.15) is 13.8 Å². The van der Waals surface area contributed by atoms with Crippen LogP contribution < -0.4 is 0 Å². The van der Waals surface area contributed by atoms with E-state index in [4.69, 9.17) is 0 Å². The summed E-state index contributed by atoms with van der Waals surface area (Å²) in [7, 11) is 0. The van der Waals surface area contributed by atoms with Gasteiger partial charge in [-0.3, -0.25) is 0 Å². The first-order chi connectivity index (χ1) is 3.72. The van der Waals surface area contributed by atoms with E-state index in [0.717, 1.165) is 11.1 Å². The molecule has 0 fully saturated rings. The fourth-order valence-corrected chi connectivity index (χ4v) is 0.538. The van der Waals surface area contributed by atoms with Gasteiger partial charge in [-0.25, -0.2) is 0 Å². The van der Waals surface area contributed by atoms with Crippen LogP contribution >= 0.6 is 0 Å². The quantitative estimate of drug-likeness (QED) is 0.477. The van der Waals surface area contributed by atoms with Crippen molar-refractivity contribution in [2.75, 3.05) is 0 Å². The lowest BCUT2D eigenvalue weighted by Crippen LogP contribution is -1.74. The zero-order valence-corrected chi connectivity index (χ0v) is 5.57. The van der Waals surface area contributed by atoms with Gasteiger partial charge in [0.15, 0.2) is 0 Å². The van der Waals surface area contributed by atoms with Gasteiger partial charge in [0.25, 0.3) is 0 Å². The first kappa shape index (κ1) is 7.22. The van der Waals surface area contributed by atoms with Crippen LogP contribution in [0.2, 0.25) is 0 Å². The van der Waals surface area contributed by atoms with Crippen molar-refractivity contribution in [2.45, 2.75) is 13.8 Å². The number of hydrogen-bond acceptors (Lipinski definition) is 0. The summed E-state index contributed by atoms with van der Waals surface area (Å²) in [6.07, 6.45) is 3.80. The van der Waals surface area contributed by atoms with Crippen molar-refractivity contribution in [1.82, 2.24) is 0 Å². The Bertz CT molecular complexity index is 127. The first-order valence-electron chi connectivity index (χ1n) is 2.67. The molecule has 0 amide bonds. The second kappa shape index (κ2) is 3.25. The highest BCUT2D eigenvalue weighted by atomic mass is 13.9. The van der Waals surface area contributed by atoms with E-state index in [-0.39, 0.29) is 0 Å². The third kappa shape index (κ3) is 1.78. The van der Waals surface area contributed by atoms with Gasteiger partial charge in [-0.2, -0.15) is 0 Å². The molecule has 0 rings (SSSR count). The maximum absolute atomic E-state index is 3.76. The molecule has 0 N–H and O–H groups in total. The number of allylic oxidation sites excluding steroid dienone is 4. The molecule has 0 saturated carbocycles. The van der Waals surface area contributed by atoms with Gasteiger partial charge in [-0.1, -0.05) is 30.9 Å². The van der Waals surface area contributed by atoms with E-state index in [1.807, 2.05) is 26.0 Å².